The van der Waals surface area contributed by atoms with Crippen LogP contribution in [-0.2, 0) is 0 Å². The quantitative estimate of drug-likeness (QED) is 0.897. The minimum Gasteiger partial charge on any atom is -0.350 e. The number of pyridine rings is 1. The van der Waals surface area contributed by atoms with Gasteiger partial charge in [0.05, 0.1) is 16.8 Å². The predicted molar refractivity (Wildman–Crippen MR) is 87.4 cm³/mol. The van der Waals surface area contributed by atoms with E-state index in [4.69, 9.17) is 0 Å². The number of benzene rings is 1. The van der Waals surface area contributed by atoms with Crippen LogP contribution in [0.15, 0.2) is 24.3 Å². The maximum Gasteiger partial charge on any atom is 0.253 e. The van der Waals surface area contributed by atoms with Crippen molar-refractivity contribution in [3.05, 3.63) is 41.3 Å². The second kappa shape index (κ2) is 6.86. The standard InChI is InChI=1S/C18H23FN2O/c1-11(2)5-6-12(3)20-18(22)16-9-14-7-8-15(19)10-17(14)21-13(16)4/h7-12H,5-6H2,1-4H3,(H,20,22). The van der Waals surface area contributed by atoms with E-state index in [1.807, 2.05) is 6.92 Å². The van der Waals surface area contributed by atoms with Crippen LogP contribution in [0.1, 0.15) is 49.7 Å². The largest absolute Gasteiger partial charge is 0.350 e. The number of halogens is 1. The van der Waals surface area contributed by atoms with Gasteiger partial charge in [0.15, 0.2) is 0 Å². The Balaban J connectivity index is 2.17. The number of nitrogens with zero attached hydrogens (tertiary/aromatic N) is 1. The fourth-order valence-electron chi connectivity index (χ4n) is 2.42. The van der Waals surface area contributed by atoms with E-state index < -0.39 is 0 Å². The van der Waals surface area contributed by atoms with Crippen LogP contribution in [0.25, 0.3) is 10.9 Å². The van der Waals surface area contributed by atoms with E-state index in [1.54, 1.807) is 19.1 Å². The Kier molecular flexibility index (Phi) is 5.11. The number of rotatable bonds is 5. The van der Waals surface area contributed by atoms with Crippen LogP contribution in [0.3, 0.4) is 0 Å². The molecular weight excluding hydrogens is 279 g/mol. The zero-order valence-electron chi connectivity index (χ0n) is 13.6. The van der Waals surface area contributed by atoms with E-state index in [2.05, 4.69) is 24.1 Å². The van der Waals surface area contributed by atoms with Crippen molar-refractivity contribution in [1.82, 2.24) is 10.3 Å². The van der Waals surface area contributed by atoms with Crippen molar-refractivity contribution in [3.63, 3.8) is 0 Å². The number of fused-ring (bicyclic) bond motifs is 1. The Bertz CT molecular complexity index is 682. The molecule has 0 saturated carbocycles. The number of aryl methyl sites for hydroxylation is 1. The summed E-state index contributed by atoms with van der Waals surface area (Å²) in [5.41, 5.74) is 1.74. The molecule has 1 N–H and O–H groups in total. The van der Waals surface area contributed by atoms with E-state index in [0.29, 0.717) is 22.7 Å². The van der Waals surface area contributed by atoms with Crippen LogP contribution in [-0.4, -0.2) is 16.9 Å². The van der Waals surface area contributed by atoms with Gasteiger partial charge in [-0.05, 0) is 50.8 Å². The second-order valence-corrected chi connectivity index (χ2v) is 6.30. The van der Waals surface area contributed by atoms with Crippen LogP contribution in [0.2, 0.25) is 0 Å². The van der Waals surface area contributed by atoms with Gasteiger partial charge in [-0.25, -0.2) is 4.39 Å². The first-order chi connectivity index (χ1) is 10.4. The van der Waals surface area contributed by atoms with Crippen molar-refractivity contribution < 1.29 is 9.18 Å². The van der Waals surface area contributed by atoms with Gasteiger partial charge in [0.25, 0.3) is 5.91 Å². The van der Waals surface area contributed by atoms with Crippen molar-refractivity contribution in [2.24, 2.45) is 5.92 Å². The van der Waals surface area contributed by atoms with E-state index in [1.165, 1.54) is 12.1 Å². The number of amides is 1. The Morgan fingerprint density at radius 2 is 1.95 bits per heavy atom. The third kappa shape index (κ3) is 4.03. The van der Waals surface area contributed by atoms with E-state index in [-0.39, 0.29) is 17.8 Å². The zero-order valence-corrected chi connectivity index (χ0v) is 13.6. The number of hydrogen-bond donors (Lipinski definition) is 1. The topological polar surface area (TPSA) is 42.0 Å². The van der Waals surface area contributed by atoms with Gasteiger partial charge >= 0.3 is 0 Å². The molecule has 118 valence electrons. The first-order valence-electron chi connectivity index (χ1n) is 7.74. The number of aromatic nitrogens is 1. The maximum absolute atomic E-state index is 13.2. The Morgan fingerprint density at radius 1 is 1.23 bits per heavy atom. The summed E-state index contributed by atoms with van der Waals surface area (Å²) < 4.78 is 13.2. The van der Waals surface area contributed by atoms with Gasteiger partial charge in [-0.3, -0.25) is 9.78 Å². The Morgan fingerprint density at radius 3 is 2.64 bits per heavy atom. The molecule has 4 heteroatoms. The average Bonchev–Trinajstić information content (AvgIpc) is 2.44. The van der Waals surface area contributed by atoms with Gasteiger partial charge in [0.1, 0.15) is 5.82 Å². The predicted octanol–water partition coefficient (Wildman–Crippen LogP) is 4.24. The molecule has 2 aromatic rings. The third-order valence-electron chi connectivity index (χ3n) is 3.77. The summed E-state index contributed by atoms with van der Waals surface area (Å²) in [6.45, 7) is 8.13. The van der Waals surface area contributed by atoms with Crippen LogP contribution < -0.4 is 5.32 Å². The molecule has 0 aliphatic rings. The zero-order chi connectivity index (χ0) is 16.3. The first-order valence-corrected chi connectivity index (χ1v) is 7.74. The van der Waals surface area contributed by atoms with Crippen LogP contribution in [0.4, 0.5) is 4.39 Å². The monoisotopic (exact) mass is 302 g/mol. The number of carbonyl (C=O) groups excluding carboxylic acids is 1. The smallest absolute Gasteiger partial charge is 0.253 e. The molecule has 0 fully saturated rings. The van der Waals surface area contributed by atoms with Crippen molar-refractivity contribution in [2.45, 2.75) is 46.6 Å². The molecule has 0 aliphatic carbocycles. The maximum atomic E-state index is 13.2. The fraction of sp³-hybridized carbons (Fsp3) is 0.444. The van der Waals surface area contributed by atoms with Crippen LogP contribution in [0, 0.1) is 18.7 Å². The van der Waals surface area contributed by atoms with E-state index >= 15 is 0 Å². The van der Waals surface area contributed by atoms with E-state index in [0.717, 1.165) is 18.2 Å². The number of nitrogens with one attached hydrogen (secondary N) is 1. The molecular formula is C18H23FN2O. The van der Waals surface area contributed by atoms with Crippen LogP contribution in [0.5, 0.6) is 0 Å². The fourth-order valence-corrected chi connectivity index (χ4v) is 2.42. The summed E-state index contributed by atoms with van der Waals surface area (Å²) in [6, 6.07) is 6.32. The summed E-state index contributed by atoms with van der Waals surface area (Å²) in [6.07, 6.45) is 2.03. The van der Waals surface area contributed by atoms with Crippen LogP contribution >= 0.6 is 0 Å². The average molecular weight is 302 g/mol. The molecule has 0 bridgehead atoms. The molecule has 1 amide bonds. The molecule has 2 rings (SSSR count). The molecule has 1 unspecified atom stereocenters. The highest BCUT2D eigenvalue weighted by Gasteiger charge is 2.14. The SMILES string of the molecule is Cc1nc2cc(F)ccc2cc1C(=O)NC(C)CCC(C)C. The molecule has 22 heavy (non-hydrogen) atoms. The minimum absolute atomic E-state index is 0.118. The highest BCUT2D eigenvalue weighted by molar-refractivity contribution is 5.98. The van der Waals surface area contributed by atoms with Crippen molar-refractivity contribution >= 4 is 16.8 Å². The highest BCUT2D eigenvalue weighted by atomic mass is 19.1. The van der Waals surface area contributed by atoms with Gasteiger partial charge in [-0.15, -0.1) is 0 Å². The van der Waals surface area contributed by atoms with Crippen molar-refractivity contribution in [3.8, 4) is 0 Å². The van der Waals surface area contributed by atoms with Gasteiger partial charge < -0.3 is 5.32 Å². The molecule has 0 spiro atoms. The van der Waals surface area contributed by atoms with E-state index in [9.17, 15) is 9.18 Å². The summed E-state index contributed by atoms with van der Waals surface area (Å²) in [4.78, 5) is 16.7. The number of hydrogen-bond acceptors (Lipinski definition) is 2. The Labute approximate surface area is 130 Å². The first kappa shape index (κ1) is 16.4. The summed E-state index contributed by atoms with van der Waals surface area (Å²) in [5, 5.41) is 3.79. The summed E-state index contributed by atoms with van der Waals surface area (Å²) >= 11 is 0. The molecule has 0 aliphatic heterocycles. The third-order valence-corrected chi connectivity index (χ3v) is 3.77. The minimum atomic E-state index is -0.320. The molecule has 1 atom stereocenters. The van der Waals surface area contributed by atoms with Gasteiger partial charge in [0.2, 0.25) is 0 Å². The molecule has 1 aromatic heterocycles. The van der Waals surface area contributed by atoms with Gasteiger partial charge in [-0.2, -0.15) is 0 Å². The lowest BCUT2D eigenvalue weighted by Crippen LogP contribution is -2.33. The number of carbonyl (C=O) groups is 1. The van der Waals surface area contributed by atoms with Crippen molar-refractivity contribution in [1.29, 1.82) is 0 Å². The highest BCUT2D eigenvalue weighted by Crippen LogP contribution is 2.18. The molecule has 0 radical (unpaired) electrons. The molecule has 0 saturated heterocycles. The normalized spacial score (nSPS) is 12.6. The molecule has 1 heterocycles. The van der Waals surface area contributed by atoms with Crippen molar-refractivity contribution in [2.75, 3.05) is 0 Å². The second-order valence-electron chi connectivity index (χ2n) is 6.30. The summed E-state index contributed by atoms with van der Waals surface area (Å²) in [5.74, 6) is 0.185. The lowest BCUT2D eigenvalue weighted by molar-refractivity contribution is 0.0936. The van der Waals surface area contributed by atoms with Gasteiger partial charge in [-0.1, -0.05) is 13.8 Å². The molecule has 3 nitrogen and oxygen atoms in total. The summed E-state index contributed by atoms with van der Waals surface area (Å²) in [7, 11) is 0. The lowest BCUT2D eigenvalue weighted by atomic mass is 10.0. The van der Waals surface area contributed by atoms with Gasteiger partial charge in [0, 0.05) is 17.5 Å². The lowest BCUT2D eigenvalue weighted by Gasteiger charge is -2.16. The Hall–Kier alpha value is -1.97. The molecule has 1 aromatic carbocycles.